The predicted molar refractivity (Wildman–Crippen MR) is 127 cm³/mol. The van der Waals surface area contributed by atoms with Gasteiger partial charge in [0, 0.05) is 18.6 Å². The number of ether oxygens (including phenoxy) is 1. The Kier molecular flexibility index (Phi) is 8.59. The second-order valence-electron chi connectivity index (χ2n) is 11.6. The smallest absolute Gasteiger partial charge is 0.330 e. The summed E-state index contributed by atoms with van der Waals surface area (Å²) in [6.45, 7) is 27.9. The predicted octanol–water partition coefficient (Wildman–Crippen LogP) is 6.54. The molecule has 0 amide bonds. The van der Waals surface area contributed by atoms with Gasteiger partial charge in [0.2, 0.25) is 0 Å². The second kappa shape index (κ2) is 9.37. The second-order valence-corrected chi connectivity index (χ2v) is 21.2. The Hall–Kier alpha value is -0.436. The normalized spacial score (nSPS) is 25.5. The van der Waals surface area contributed by atoms with Crippen molar-refractivity contribution in [2.24, 2.45) is 11.8 Å². The van der Waals surface area contributed by atoms with Gasteiger partial charge in [-0.3, -0.25) is 0 Å². The first kappa shape index (κ1) is 26.6. The number of carbonyl (C=O) groups is 1. The van der Waals surface area contributed by atoms with Crippen LogP contribution < -0.4 is 0 Å². The Balaban J connectivity index is 3.10. The molecule has 0 radical (unpaired) electrons. The fourth-order valence-corrected chi connectivity index (χ4v) is 5.58. The van der Waals surface area contributed by atoms with Crippen LogP contribution in [0.4, 0.5) is 0 Å². The minimum atomic E-state index is -1.89. The van der Waals surface area contributed by atoms with E-state index in [1.807, 2.05) is 6.92 Å². The minimum absolute atomic E-state index is 0.129. The van der Waals surface area contributed by atoms with Crippen LogP contribution in [0.25, 0.3) is 0 Å². The van der Waals surface area contributed by atoms with Gasteiger partial charge in [-0.2, -0.15) is 0 Å². The number of esters is 1. The third-order valence-electron chi connectivity index (χ3n) is 7.41. The highest BCUT2D eigenvalue weighted by Gasteiger charge is 2.46. The maximum Gasteiger partial charge on any atom is 0.330 e. The lowest BCUT2D eigenvalue weighted by Crippen LogP contribution is -2.45. The quantitative estimate of drug-likeness (QED) is 0.255. The summed E-state index contributed by atoms with van der Waals surface area (Å²) < 4.78 is 18.5. The van der Waals surface area contributed by atoms with Crippen LogP contribution in [0.3, 0.4) is 0 Å². The Bertz CT molecular complexity index is 597. The number of rotatable bonds is 7. The van der Waals surface area contributed by atoms with Crippen molar-refractivity contribution in [1.82, 2.24) is 0 Å². The van der Waals surface area contributed by atoms with E-state index < -0.39 is 16.6 Å². The summed E-state index contributed by atoms with van der Waals surface area (Å²) in [5, 5.41) is 0.324. The molecule has 0 aromatic rings. The molecule has 4 nitrogen and oxygen atoms in total. The van der Waals surface area contributed by atoms with Crippen LogP contribution in [-0.4, -0.2) is 41.9 Å². The van der Waals surface area contributed by atoms with Gasteiger partial charge in [-0.05, 0) is 55.5 Å². The molecule has 0 N–H and O–H groups in total. The highest BCUT2D eigenvalue weighted by molar-refractivity contribution is 6.74. The molecule has 0 heterocycles. The zero-order chi connectivity index (χ0) is 22.8. The molecule has 0 bridgehead atoms. The zero-order valence-electron chi connectivity index (χ0n) is 21.1. The van der Waals surface area contributed by atoms with E-state index in [2.05, 4.69) is 74.7 Å². The van der Waals surface area contributed by atoms with Crippen LogP contribution >= 0.6 is 0 Å². The van der Waals surface area contributed by atoms with Crippen molar-refractivity contribution in [3.05, 3.63) is 11.6 Å². The van der Waals surface area contributed by atoms with Gasteiger partial charge in [-0.1, -0.05) is 54.0 Å². The van der Waals surface area contributed by atoms with Crippen LogP contribution in [0.1, 0.15) is 61.8 Å². The van der Waals surface area contributed by atoms with Gasteiger partial charge in [0.25, 0.3) is 0 Å². The van der Waals surface area contributed by atoms with E-state index in [1.165, 1.54) is 0 Å². The molecule has 6 heteroatoms. The molecule has 1 fully saturated rings. The average molecular weight is 443 g/mol. The van der Waals surface area contributed by atoms with E-state index in [0.29, 0.717) is 19.1 Å². The molecular weight excluding hydrogens is 396 g/mol. The highest BCUT2D eigenvalue weighted by atomic mass is 28.4. The summed E-state index contributed by atoms with van der Waals surface area (Å²) >= 11 is 0. The number of carbonyl (C=O) groups excluding carboxylic acids is 1. The van der Waals surface area contributed by atoms with Gasteiger partial charge in [-0.25, -0.2) is 4.79 Å². The van der Waals surface area contributed by atoms with E-state index in [1.54, 1.807) is 6.08 Å². The van der Waals surface area contributed by atoms with Crippen molar-refractivity contribution < 1.29 is 18.4 Å². The van der Waals surface area contributed by atoms with Crippen molar-refractivity contribution >= 4 is 22.6 Å². The fourth-order valence-electron chi connectivity index (χ4n) is 3.15. The van der Waals surface area contributed by atoms with Gasteiger partial charge < -0.3 is 13.6 Å². The van der Waals surface area contributed by atoms with Gasteiger partial charge in [0.15, 0.2) is 16.6 Å². The summed E-state index contributed by atoms with van der Waals surface area (Å²) in [5.74, 6) is 0.262. The lowest BCUT2D eigenvalue weighted by Gasteiger charge is -2.40. The summed E-state index contributed by atoms with van der Waals surface area (Å²) in [5.41, 5.74) is 1.12. The van der Waals surface area contributed by atoms with Gasteiger partial charge >= 0.3 is 5.97 Å². The molecule has 1 aliphatic carbocycles. The Morgan fingerprint density at radius 3 is 2.00 bits per heavy atom. The zero-order valence-corrected chi connectivity index (χ0v) is 23.1. The first-order chi connectivity index (χ1) is 12.9. The van der Waals surface area contributed by atoms with Crippen LogP contribution in [0.15, 0.2) is 11.6 Å². The maximum atomic E-state index is 12.2. The SMILES string of the molecule is CCOC(=O)/C=C1\C[C@H](O[Si](C)(C)C(C)(C)C)[C@H](C)[C@H]1CO[Si](C)(C)C(C)(C)C. The first-order valence-electron chi connectivity index (χ1n) is 11.1. The monoisotopic (exact) mass is 442 g/mol. The summed E-state index contributed by atoms with van der Waals surface area (Å²) in [7, 11) is -3.75. The Labute approximate surface area is 182 Å². The molecule has 0 aromatic carbocycles. The van der Waals surface area contributed by atoms with Crippen LogP contribution in [0.2, 0.25) is 36.3 Å². The van der Waals surface area contributed by atoms with E-state index in [4.69, 9.17) is 13.6 Å². The van der Waals surface area contributed by atoms with Crippen LogP contribution in [0, 0.1) is 11.8 Å². The molecule has 29 heavy (non-hydrogen) atoms. The fraction of sp³-hybridized carbons (Fsp3) is 0.870. The Morgan fingerprint density at radius 2 is 1.55 bits per heavy atom. The molecule has 170 valence electrons. The van der Waals surface area contributed by atoms with E-state index in [-0.39, 0.29) is 28.1 Å². The lowest BCUT2D eigenvalue weighted by molar-refractivity contribution is -0.137. The lowest BCUT2D eigenvalue weighted by atomic mass is 9.95. The molecule has 1 rings (SSSR count). The third-order valence-corrected chi connectivity index (χ3v) is 16.4. The summed E-state index contributed by atoms with van der Waals surface area (Å²) in [4.78, 5) is 12.2. The minimum Gasteiger partial charge on any atom is -0.463 e. The molecular formula is C23H46O4Si2. The van der Waals surface area contributed by atoms with Crippen molar-refractivity contribution in [1.29, 1.82) is 0 Å². The van der Waals surface area contributed by atoms with Gasteiger partial charge in [0.1, 0.15) is 0 Å². The molecule has 3 atom stereocenters. The number of hydrogen-bond acceptors (Lipinski definition) is 4. The average Bonchev–Trinajstić information content (AvgIpc) is 2.78. The van der Waals surface area contributed by atoms with Gasteiger partial charge in [0.05, 0.1) is 12.7 Å². The maximum absolute atomic E-state index is 12.2. The first-order valence-corrected chi connectivity index (χ1v) is 16.9. The molecule has 0 spiro atoms. The van der Waals surface area contributed by atoms with Gasteiger partial charge in [-0.15, -0.1) is 0 Å². The topological polar surface area (TPSA) is 44.8 Å². The van der Waals surface area contributed by atoms with Crippen molar-refractivity contribution in [3.8, 4) is 0 Å². The third kappa shape index (κ3) is 6.77. The molecule has 0 saturated heterocycles. The molecule has 1 aliphatic rings. The highest BCUT2D eigenvalue weighted by Crippen LogP contribution is 2.45. The van der Waals surface area contributed by atoms with Crippen molar-refractivity contribution in [2.75, 3.05) is 13.2 Å². The molecule has 0 aliphatic heterocycles. The standard InChI is InChI=1S/C23H46O4Si2/c1-13-25-21(24)15-18-14-20(27-29(11,12)23(6,7)8)17(2)19(18)16-26-28(9,10)22(3,4)5/h15,17,19-20H,13-14,16H2,1-12H3/b18-15+/t17-,19-,20+/m1/s1. The van der Waals surface area contributed by atoms with Crippen LogP contribution in [-0.2, 0) is 18.4 Å². The molecule has 0 unspecified atom stereocenters. The summed E-state index contributed by atoms with van der Waals surface area (Å²) in [6.07, 6.45) is 2.62. The van der Waals surface area contributed by atoms with E-state index in [0.717, 1.165) is 12.0 Å². The van der Waals surface area contributed by atoms with Crippen molar-refractivity contribution in [3.63, 3.8) is 0 Å². The largest absolute Gasteiger partial charge is 0.463 e. The molecule has 0 aromatic heterocycles. The van der Waals surface area contributed by atoms with E-state index in [9.17, 15) is 4.79 Å². The van der Waals surface area contributed by atoms with E-state index >= 15 is 0 Å². The summed E-state index contributed by atoms with van der Waals surface area (Å²) in [6, 6.07) is 0. The Morgan fingerprint density at radius 1 is 1.03 bits per heavy atom. The van der Waals surface area contributed by atoms with Crippen molar-refractivity contribution in [2.45, 2.75) is 104 Å². The number of hydrogen-bond donors (Lipinski definition) is 0. The van der Waals surface area contributed by atoms with Crippen LogP contribution in [0.5, 0.6) is 0 Å². The molecule has 1 saturated carbocycles.